The van der Waals surface area contributed by atoms with Gasteiger partial charge in [0.15, 0.2) is 0 Å². The van der Waals surface area contributed by atoms with Crippen LogP contribution in [-0.4, -0.2) is 50.7 Å². The Morgan fingerprint density at radius 1 is 1.16 bits per heavy atom. The Hall–Kier alpha value is -2.75. The molecule has 3 aromatic rings. The van der Waals surface area contributed by atoms with Crippen LogP contribution in [-0.2, 0) is 21.3 Å². The summed E-state index contributed by atoms with van der Waals surface area (Å²) in [5.74, 6) is 0.462. The summed E-state index contributed by atoms with van der Waals surface area (Å²) in [5, 5.41) is 3.02. The van der Waals surface area contributed by atoms with Crippen LogP contribution in [0.5, 0.6) is 0 Å². The number of nitrogens with one attached hydrogen (secondary N) is 1. The molecule has 0 amide bonds. The van der Waals surface area contributed by atoms with E-state index in [0.29, 0.717) is 18.4 Å². The molecule has 5 rings (SSSR count). The lowest BCUT2D eigenvalue weighted by atomic mass is 10.0. The number of hydrogen-bond acceptors (Lipinski definition) is 6. The van der Waals surface area contributed by atoms with Crippen molar-refractivity contribution in [3.8, 4) is 11.3 Å². The first-order valence-electron chi connectivity index (χ1n) is 10.6. The van der Waals surface area contributed by atoms with Crippen LogP contribution in [0.1, 0.15) is 5.56 Å². The molecule has 1 aromatic carbocycles. The van der Waals surface area contributed by atoms with Gasteiger partial charge in [-0.15, -0.1) is 0 Å². The number of ether oxygens (including phenoxy) is 1. The molecule has 0 spiro atoms. The molecule has 1 N–H and O–H groups in total. The number of pyridine rings is 1. The molecule has 32 heavy (non-hydrogen) atoms. The fourth-order valence-electron chi connectivity index (χ4n) is 4.59. The predicted molar refractivity (Wildman–Crippen MR) is 119 cm³/mol. The molecule has 2 aromatic heterocycles. The van der Waals surface area contributed by atoms with Crippen LogP contribution in [0.4, 0.5) is 10.1 Å². The molecule has 168 valence electrons. The van der Waals surface area contributed by atoms with Gasteiger partial charge in [0, 0.05) is 49.4 Å². The zero-order valence-electron chi connectivity index (χ0n) is 17.7. The van der Waals surface area contributed by atoms with Crippen molar-refractivity contribution in [3.05, 3.63) is 66.4 Å². The van der Waals surface area contributed by atoms with E-state index in [4.69, 9.17) is 4.74 Å². The Balaban J connectivity index is 1.54. The second-order valence-electron chi connectivity index (χ2n) is 8.39. The molecule has 2 atom stereocenters. The molecule has 0 radical (unpaired) electrons. The van der Waals surface area contributed by atoms with Crippen molar-refractivity contribution in [2.45, 2.75) is 11.4 Å². The minimum absolute atomic E-state index is 0.0764. The van der Waals surface area contributed by atoms with Gasteiger partial charge in [-0.25, -0.2) is 16.8 Å². The van der Waals surface area contributed by atoms with Gasteiger partial charge in [-0.3, -0.25) is 4.98 Å². The van der Waals surface area contributed by atoms with Crippen LogP contribution in [0, 0.1) is 17.7 Å². The number of anilines is 1. The molecule has 0 saturated carbocycles. The molecule has 2 fully saturated rings. The summed E-state index contributed by atoms with van der Waals surface area (Å²) in [7, 11) is -2.22. The average molecular weight is 457 g/mol. The Labute approximate surface area is 186 Å². The highest BCUT2D eigenvalue weighted by Gasteiger charge is 2.37. The molecule has 9 heteroatoms. The molecule has 2 unspecified atom stereocenters. The normalized spacial score (nSPS) is 20.6. The van der Waals surface area contributed by atoms with Crippen molar-refractivity contribution < 1.29 is 17.5 Å². The van der Waals surface area contributed by atoms with E-state index in [2.05, 4.69) is 15.2 Å². The lowest BCUT2D eigenvalue weighted by Crippen LogP contribution is -2.23. The third-order valence-electron chi connectivity index (χ3n) is 6.23. The minimum atomic E-state index is -3.99. The fourth-order valence-corrected chi connectivity index (χ4v) is 5.97. The molecular formula is C23H25FN4O3S. The lowest BCUT2D eigenvalue weighted by Gasteiger charge is -2.20. The monoisotopic (exact) mass is 456 g/mol. The molecule has 4 heterocycles. The second-order valence-corrected chi connectivity index (χ2v) is 10.2. The summed E-state index contributed by atoms with van der Waals surface area (Å²) in [6, 6.07) is 9.54. The first-order valence-corrected chi connectivity index (χ1v) is 12.1. The molecular weight excluding hydrogens is 431 g/mol. The van der Waals surface area contributed by atoms with Crippen molar-refractivity contribution in [1.82, 2.24) is 14.3 Å². The summed E-state index contributed by atoms with van der Waals surface area (Å²) in [6.07, 6.45) is 4.58. The van der Waals surface area contributed by atoms with Gasteiger partial charge in [-0.1, -0.05) is 12.1 Å². The van der Waals surface area contributed by atoms with Crippen LogP contribution in [0.2, 0.25) is 0 Å². The molecule has 2 saturated heterocycles. The zero-order chi connectivity index (χ0) is 22.3. The largest absolute Gasteiger partial charge is 0.381 e. The van der Waals surface area contributed by atoms with E-state index in [1.165, 1.54) is 18.5 Å². The number of hydrogen-bond donors (Lipinski definition) is 1. The molecule has 0 bridgehead atoms. The summed E-state index contributed by atoms with van der Waals surface area (Å²) in [4.78, 5) is 6.47. The molecule has 2 aliphatic rings. The zero-order valence-corrected chi connectivity index (χ0v) is 18.6. The van der Waals surface area contributed by atoms with E-state index >= 15 is 0 Å². The number of fused-ring (bicyclic) bond motifs is 1. The third kappa shape index (κ3) is 3.70. The van der Waals surface area contributed by atoms with Gasteiger partial charge in [-0.05, 0) is 36.9 Å². The van der Waals surface area contributed by atoms with Crippen molar-refractivity contribution >= 4 is 15.7 Å². The number of aromatic nitrogens is 2. The van der Waals surface area contributed by atoms with Crippen LogP contribution in [0.3, 0.4) is 0 Å². The number of benzene rings is 1. The van der Waals surface area contributed by atoms with Crippen molar-refractivity contribution in [1.29, 1.82) is 0 Å². The molecule has 2 aliphatic heterocycles. The lowest BCUT2D eigenvalue weighted by molar-refractivity contribution is 0.177. The van der Waals surface area contributed by atoms with Crippen LogP contribution >= 0.6 is 0 Å². The third-order valence-corrected chi connectivity index (χ3v) is 7.87. The number of nitrogens with zero attached hydrogens (tertiary/aromatic N) is 3. The van der Waals surface area contributed by atoms with E-state index in [-0.39, 0.29) is 16.2 Å². The van der Waals surface area contributed by atoms with Gasteiger partial charge in [-0.2, -0.15) is 0 Å². The van der Waals surface area contributed by atoms with Gasteiger partial charge in [0.25, 0.3) is 10.0 Å². The Bertz CT molecular complexity index is 1230. The van der Waals surface area contributed by atoms with Crippen LogP contribution < -0.4 is 10.2 Å². The van der Waals surface area contributed by atoms with E-state index in [0.717, 1.165) is 41.5 Å². The smallest absolute Gasteiger partial charge is 0.269 e. The van der Waals surface area contributed by atoms with E-state index in [9.17, 15) is 12.8 Å². The Morgan fingerprint density at radius 2 is 1.91 bits per heavy atom. The Kier molecular flexibility index (Phi) is 5.48. The van der Waals surface area contributed by atoms with Gasteiger partial charge >= 0.3 is 0 Å². The molecule has 0 aliphatic carbocycles. The predicted octanol–water partition coefficient (Wildman–Crippen LogP) is 2.73. The second kappa shape index (κ2) is 8.31. The maximum absolute atomic E-state index is 14.6. The van der Waals surface area contributed by atoms with Gasteiger partial charge in [0.1, 0.15) is 10.7 Å². The van der Waals surface area contributed by atoms with E-state index < -0.39 is 15.8 Å². The highest BCUT2D eigenvalue weighted by Crippen LogP contribution is 2.34. The summed E-state index contributed by atoms with van der Waals surface area (Å²) in [6.45, 7) is 3.60. The average Bonchev–Trinajstić information content (AvgIpc) is 3.49. The number of halogens is 1. The molecule has 7 nitrogen and oxygen atoms in total. The van der Waals surface area contributed by atoms with Crippen LogP contribution in [0.15, 0.2) is 59.9 Å². The van der Waals surface area contributed by atoms with Gasteiger partial charge < -0.3 is 15.0 Å². The first-order chi connectivity index (χ1) is 15.5. The van der Waals surface area contributed by atoms with Crippen LogP contribution in [0.25, 0.3) is 11.3 Å². The van der Waals surface area contributed by atoms with E-state index in [1.807, 2.05) is 0 Å². The Morgan fingerprint density at radius 3 is 2.62 bits per heavy atom. The van der Waals surface area contributed by atoms with Gasteiger partial charge in [0.2, 0.25) is 0 Å². The van der Waals surface area contributed by atoms with Crippen molar-refractivity contribution in [2.24, 2.45) is 11.8 Å². The maximum Gasteiger partial charge on any atom is 0.269 e. The SMILES string of the molecule is CNCc1cc(-c2ccccc2F)n(S(=O)(=O)c2cncc(N3CC4COCC4C3)c2)c1. The fraction of sp³-hybridized carbons (Fsp3) is 0.348. The summed E-state index contributed by atoms with van der Waals surface area (Å²) < 4.78 is 48.6. The topological polar surface area (TPSA) is 76.5 Å². The maximum atomic E-state index is 14.6. The summed E-state index contributed by atoms with van der Waals surface area (Å²) in [5.41, 5.74) is 2.03. The van der Waals surface area contributed by atoms with Crippen molar-refractivity contribution in [2.75, 3.05) is 38.3 Å². The van der Waals surface area contributed by atoms with E-state index in [1.54, 1.807) is 43.6 Å². The summed E-state index contributed by atoms with van der Waals surface area (Å²) >= 11 is 0. The quantitative estimate of drug-likeness (QED) is 0.615. The van der Waals surface area contributed by atoms with Crippen molar-refractivity contribution in [3.63, 3.8) is 0 Å². The highest BCUT2D eigenvalue weighted by atomic mass is 32.2. The van der Waals surface area contributed by atoms with Gasteiger partial charge in [0.05, 0.1) is 30.8 Å². The number of rotatable bonds is 6. The highest BCUT2D eigenvalue weighted by molar-refractivity contribution is 7.90. The standard InChI is InChI=1S/C23H25FN4O3S/c1-25-8-16-6-23(21-4-2-3-5-22(21)24)28(11-16)32(29,30)20-7-19(9-26-10-20)27-12-17-14-31-15-18(17)13-27/h2-7,9-11,17-18,25H,8,12-15H2,1H3. The first kappa shape index (κ1) is 21.1. The minimum Gasteiger partial charge on any atom is -0.381 e.